The Kier molecular flexibility index (Phi) is 3.80. The van der Waals surface area contributed by atoms with Crippen LogP contribution in [0.15, 0.2) is 23.1 Å². The van der Waals surface area contributed by atoms with E-state index in [2.05, 4.69) is 0 Å². The van der Waals surface area contributed by atoms with Gasteiger partial charge in [-0.15, -0.1) is 0 Å². The molecule has 8 heteroatoms. The maximum atomic E-state index is 12.8. The number of hydrogen-bond donors (Lipinski definition) is 1. The first kappa shape index (κ1) is 13.2. The highest BCUT2D eigenvalue weighted by molar-refractivity contribution is 7.86. The SMILES string of the molecule is Nc1ccc(Cl)c(S(=O)C(F)(F)C(F)F)c1. The van der Waals surface area contributed by atoms with Gasteiger partial charge in [-0.05, 0) is 18.2 Å². The van der Waals surface area contributed by atoms with Gasteiger partial charge in [0.25, 0.3) is 0 Å². The predicted molar refractivity (Wildman–Crippen MR) is 53.2 cm³/mol. The van der Waals surface area contributed by atoms with E-state index in [4.69, 9.17) is 17.3 Å². The number of benzene rings is 1. The Hall–Kier alpha value is -0.820. The Morgan fingerprint density at radius 1 is 1.38 bits per heavy atom. The van der Waals surface area contributed by atoms with Crippen LogP contribution in [-0.4, -0.2) is 15.9 Å². The lowest BCUT2D eigenvalue weighted by Gasteiger charge is -2.15. The minimum Gasteiger partial charge on any atom is -0.399 e. The fraction of sp³-hybridized carbons (Fsp3) is 0.250. The lowest BCUT2D eigenvalue weighted by Crippen LogP contribution is -2.32. The van der Waals surface area contributed by atoms with Crippen molar-refractivity contribution in [3.05, 3.63) is 23.2 Å². The molecule has 0 aliphatic carbocycles. The first-order chi connectivity index (χ1) is 7.26. The third kappa shape index (κ3) is 2.46. The molecule has 1 rings (SSSR count). The number of alkyl halides is 4. The summed E-state index contributed by atoms with van der Waals surface area (Å²) in [6.07, 6.45) is -4.04. The van der Waals surface area contributed by atoms with E-state index < -0.39 is 27.4 Å². The van der Waals surface area contributed by atoms with Crippen molar-refractivity contribution < 1.29 is 21.8 Å². The molecule has 1 atom stereocenters. The molecule has 0 aliphatic rings. The summed E-state index contributed by atoms with van der Waals surface area (Å²) in [5, 5.41) is -4.95. The number of anilines is 1. The molecule has 2 N–H and O–H groups in total. The first-order valence-corrected chi connectivity index (χ1v) is 5.42. The van der Waals surface area contributed by atoms with E-state index in [1.54, 1.807) is 0 Å². The van der Waals surface area contributed by atoms with Crippen LogP contribution in [0.4, 0.5) is 23.2 Å². The molecule has 1 unspecified atom stereocenters. The average Bonchev–Trinajstić information content (AvgIpc) is 2.20. The van der Waals surface area contributed by atoms with E-state index in [1.807, 2.05) is 0 Å². The third-order valence-electron chi connectivity index (χ3n) is 1.66. The van der Waals surface area contributed by atoms with Gasteiger partial charge in [-0.25, -0.2) is 13.0 Å². The van der Waals surface area contributed by atoms with Crippen molar-refractivity contribution >= 4 is 28.1 Å². The number of nitrogen functional groups attached to an aromatic ring is 1. The molecule has 0 saturated carbocycles. The Morgan fingerprint density at radius 3 is 2.44 bits per heavy atom. The average molecular weight is 276 g/mol. The van der Waals surface area contributed by atoms with Crippen molar-refractivity contribution in [2.45, 2.75) is 16.6 Å². The zero-order chi connectivity index (χ0) is 12.5. The second-order valence-corrected chi connectivity index (χ2v) is 4.75. The van der Waals surface area contributed by atoms with Crippen LogP contribution in [0.1, 0.15) is 0 Å². The fourth-order valence-electron chi connectivity index (χ4n) is 0.890. The van der Waals surface area contributed by atoms with Gasteiger partial charge < -0.3 is 5.73 Å². The molecule has 0 aromatic heterocycles. The van der Waals surface area contributed by atoms with Crippen molar-refractivity contribution in [3.63, 3.8) is 0 Å². The number of halogens is 5. The van der Waals surface area contributed by atoms with Gasteiger partial charge in [-0.1, -0.05) is 11.6 Å². The van der Waals surface area contributed by atoms with E-state index in [0.717, 1.165) is 12.1 Å². The molecule has 90 valence electrons. The Morgan fingerprint density at radius 2 is 1.94 bits per heavy atom. The van der Waals surface area contributed by atoms with Crippen LogP contribution in [0.5, 0.6) is 0 Å². The minimum atomic E-state index is -4.66. The summed E-state index contributed by atoms with van der Waals surface area (Å²) in [5.41, 5.74) is 5.27. The van der Waals surface area contributed by atoms with Crippen molar-refractivity contribution in [1.29, 1.82) is 0 Å². The standard InChI is InChI=1S/C8H6ClF4NOS/c9-5-2-1-4(14)3-6(5)16(15)8(12,13)7(10)11/h1-3,7H,14H2. The van der Waals surface area contributed by atoms with E-state index in [1.165, 1.54) is 6.07 Å². The molecule has 0 amide bonds. The zero-order valence-corrected chi connectivity index (χ0v) is 9.17. The van der Waals surface area contributed by atoms with Gasteiger partial charge in [0, 0.05) is 5.69 Å². The topological polar surface area (TPSA) is 43.1 Å². The Balaban J connectivity index is 3.19. The monoisotopic (exact) mass is 275 g/mol. The highest BCUT2D eigenvalue weighted by Crippen LogP contribution is 2.34. The Labute approximate surface area is 95.8 Å². The van der Waals surface area contributed by atoms with Crippen LogP contribution in [0.2, 0.25) is 5.02 Å². The van der Waals surface area contributed by atoms with Gasteiger partial charge in [0.05, 0.1) is 9.92 Å². The van der Waals surface area contributed by atoms with Crippen LogP contribution in [0, 0.1) is 0 Å². The molecule has 0 heterocycles. The summed E-state index contributed by atoms with van der Waals surface area (Å²) < 4.78 is 60.7. The quantitative estimate of drug-likeness (QED) is 0.681. The molecule has 1 aromatic rings. The van der Waals surface area contributed by atoms with E-state index >= 15 is 0 Å². The summed E-state index contributed by atoms with van der Waals surface area (Å²) in [6.45, 7) is 0. The minimum absolute atomic E-state index is 0.0119. The largest absolute Gasteiger partial charge is 0.399 e. The van der Waals surface area contributed by atoms with Gasteiger partial charge in [0.2, 0.25) is 0 Å². The molecular weight excluding hydrogens is 270 g/mol. The van der Waals surface area contributed by atoms with Gasteiger partial charge >= 0.3 is 11.7 Å². The van der Waals surface area contributed by atoms with Gasteiger partial charge in [-0.3, -0.25) is 0 Å². The van der Waals surface area contributed by atoms with Crippen molar-refractivity contribution in [2.75, 3.05) is 5.73 Å². The molecule has 1 aromatic carbocycles. The smallest absolute Gasteiger partial charge is 0.384 e. The first-order valence-electron chi connectivity index (χ1n) is 3.89. The number of hydrogen-bond acceptors (Lipinski definition) is 2. The van der Waals surface area contributed by atoms with Gasteiger partial charge in [0.1, 0.15) is 10.8 Å². The van der Waals surface area contributed by atoms with Crippen LogP contribution in [0.3, 0.4) is 0 Å². The van der Waals surface area contributed by atoms with E-state index in [0.29, 0.717) is 0 Å². The van der Waals surface area contributed by atoms with Crippen molar-refractivity contribution in [2.24, 2.45) is 0 Å². The van der Waals surface area contributed by atoms with Crippen LogP contribution < -0.4 is 5.73 Å². The zero-order valence-electron chi connectivity index (χ0n) is 7.59. The summed E-state index contributed by atoms with van der Waals surface area (Å²) in [5.74, 6) is 0. The molecule has 0 aliphatic heterocycles. The van der Waals surface area contributed by atoms with Crippen LogP contribution in [0.25, 0.3) is 0 Å². The van der Waals surface area contributed by atoms with Gasteiger partial charge in [-0.2, -0.15) is 8.78 Å². The lowest BCUT2D eigenvalue weighted by molar-refractivity contribution is -0.0602. The predicted octanol–water partition coefficient (Wildman–Crippen LogP) is 2.89. The maximum Gasteiger partial charge on any atom is 0.384 e. The second-order valence-electron chi connectivity index (χ2n) is 2.82. The maximum absolute atomic E-state index is 12.8. The number of rotatable bonds is 3. The van der Waals surface area contributed by atoms with Crippen LogP contribution in [-0.2, 0) is 10.8 Å². The van der Waals surface area contributed by atoms with Crippen molar-refractivity contribution in [1.82, 2.24) is 0 Å². The molecule has 0 radical (unpaired) electrons. The van der Waals surface area contributed by atoms with Crippen molar-refractivity contribution in [3.8, 4) is 0 Å². The second kappa shape index (κ2) is 4.58. The summed E-state index contributed by atoms with van der Waals surface area (Å²) in [6, 6.07) is 3.28. The molecular formula is C8H6ClF4NOS. The van der Waals surface area contributed by atoms with Crippen LogP contribution >= 0.6 is 11.6 Å². The lowest BCUT2D eigenvalue weighted by atomic mass is 10.3. The normalized spacial score (nSPS) is 14.1. The number of nitrogens with two attached hydrogens (primary N) is 1. The molecule has 0 bridgehead atoms. The van der Waals surface area contributed by atoms with E-state index in [-0.39, 0.29) is 10.7 Å². The highest BCUT2D eigenvalue weighted by Gasteiger charge is 2.48. The van der Waals surface area contributed by atoms with E-state index in [9.17, 15) is 21.8 Å². The Bertz CT molecular complexity index is 426. The molecule has 0 saturated heterocycles. The summed E-state index contributed by atoms with van der Waals surface area (Å²) in [7, 11) is -3.24. The summed E-state index contributed by atoms with van der Waals surface area (Å²) >= 11 is 5.47. The van der Waals surface area contributed by atoms with Gasteiger partial charge in [0.15, 0.2) is 0 Å². The molecule has 2 nitrogen and oxygen atoms in total. The highest BCUT2D eigenvalue weighted by atomic mass is 35.5. The molecule has 16 heavy (non-hydrogen) atoms. The fourth-order valence-corrected chi connectivity index (χ4v) is 2.16. The summed E-state index contributed by atoms with van der Waals surface area (Å²) in [4.78, 5) is -0.605. The third-order valence-corrected chi connectivity index (χ3v) is 3.51. The molecule has 0 fully saturated rings. The molecule has 0 spiro atoms.